The number of hydrogen-bond donors (Lipinski definition) is 0. The summed E-state index contributed by atoms with van der Waals surface area (Å²) in [4.78, 5) is 27.2. The summed E-state index contributed by atoms with van der Waals surface area (Å²) in [7, 11) is -2.93. The molecule has 6 heteroatoms. The quantitative estimate of drug-likeness (QED) is 0.0654. The summed E-state index contributed by atoms with van der Waals surface area (Å²) >= 11 is 0. The number of rotatable bonds is 16. The summed E-state index contributed by atoms with van der Waals surface area (Å²) in [6, 6.07) is 39.3. The van der Waals surface area contributed by atoms with Gasteiger partial charge >= 0.3 is 11.9 Å². The average Bonchev–Trinajstić information content (AvgIpc) is 3.49. The summed E-state index contributed by atoms with van der Waals surface area (Å²) in [5.74, 6) is -1.16. The van der Waals surface area contributed by atoms with E-state index in [9.17, 15) is 9.59 Å². The minimum atomic E-state index is -2.93. The van der Waals surface area contributed by atoms with Crippen LogP contribution in [-0.4, -0.2) is 39.1 Å². The van der Waals surface area contributed by atoms with Crippen LogP contribution < -0.4 is 10.4 Å². The second-order valence-electron chi connectivity index (χ2n) is 14.7. The average molecular weight is 727 g/mol. The van der Waals surface area contributed by atoms with Gasteiger partial charge in [0.15, 0.2) is 0 Å². The summed E-state index contributed by atoms with van der Waals surface area (Å²) in [5.41, 5.74) is 0.981. The summed E-state index contributed by atoms with van der Waals surface area (Å²) in [6.07, 6.45) is 15.8. The van der Waals surface area contributed by atoms with Gasteiger partial charge in [-0.2, -0.15) is 0 Å². The minimum absolute atomic E-state index is 0.151. The van der Waals surface area contributed by atoms with Gasteiger partial charge in [0.2, 0.25) is 0 Å². The Labute approximate surface area is 317 Å². The van der Waals surface area contributed by atoms with Crippen molar-refractivity contribution in [3.05, 3.63) is 169 Å². The van der Waals surface area contributed by atoms with Gasteiger partial charge in [-0.25, -0.2) is 9.59 Å². The zero-order chi connectivity index (χ0) is 37.5. The van der Waals surface area contributed by atoms with E-state index in [0.29, 0.717) is 30.6 Å². The van der Waals surface area contributed by atoms with Gasteiger partial charge in [-0.05, 0) is 65.4 Å². The van der Waals surface area contributed by atoms with E-state index >= 15 is 0 Å². The van der Waals surface area contributed by atoms with E-state index in [-0.39, 0.29) is 22.8 Å². The lowest BCUT2D eigenvalue weighted by Crippen LogP contribution is -2.67. The van der Waals surface area contributed by atoms with Gasteiger partial charge in [-0.3, -0.25) is 0 Å². The first-order valence-corrected chi connectivity index (χ1v) is 20.9. The number of benzene rings is 4. The third-order valence-electron chi connectivity index (χ3n) is 10.1. The van der Waals surface area contributed by atoms with Crippen molar-refractivity contribution in [2.24, 2.45) is 11.8 Å². The van der Waals surface area contributed by atoms with Gasteiger partial charge < -0.3 is 13.9 Å². The Hall–Kier alpha value is -4.78. The van der Waals surface area contributed by atoms with Gasteiger partial charge in [0.25, 0.3) is 8.32 Å². The molecule has 4 atom stereocenters. The Morgan fingerprint density at radius 2 is 1.02 bits per heavy atom. The topological polar surface area (TPSA) is 61.8 Å². The highest BCUT2D eigenvalue weighted by Crippen LogP contribution is 2.43. The number of ether oxygens (including phenoxy) is 2. The lowest BCUT2D eigenvalue weighted by molar-refractivity contribution is 0.00915. The first-order chi connectivity index (χ1) is 25.7. The Bertz CT molecular complexity index is 1760. The molecule has 4 aromatic rings. The molecule has 1 fully saturated rings. The maximum absolute atomic E-state index is 13.6. The molecule has 0 aromatic heterocycles. The van der Waals surface area contributed by atoms with Crippen molar-refractivity contribution in [2.75, 3.05) is 6.61 Å². The van der Waals surface area contributed by atoms with Crippen LogP contribution in [0.25, 0.3) is 0 Å². The van der Waals surface area contributed by atoms with Gasteiger partial charge in [-0.1, -0.05) is 161 Å². The maximum atomic E-state index is 13.6. The fourth-order valence-corrected chi connectivity index (χ4v) is 12.1. The first-order valence-electron chi connectivity index (χ1n) is 19.0. The molecule has 5 nitrogen and oxygen atoms in total. The van der Waals surface area contributed by atoms with E-state index < -0.39 is 26.5 Å². The molecular formula is C47H54O5Si. The van der Waals surface area contributed by atoms with Crippen LogP contribution in [0.1, 0.15) is 80.5 Å². The predicted octanol–water partition coefficient (Wildman–Crippen LogP) is 9.90. The smallest absolute Gasteiger partial charge is 0.338 e. The molecule has 0 N–H and O–H groups in total. The van der Waals surface area contributed by atoms with E-state index in [1.807, 2.05) is 48.5 Å². The van der Waals surface area contributed by atoms with Crippen molar-refractivity contribution in [1.82, 2.24) is 0 Å². The monoisotopic (exact) mass is 726 g/mol. The highest BCUT2D eigenvalue weighted by atomic mass is 28.4. The Kier molecular flexibility index (Phi) is 14.4. The number of carbonyl (C=O) groups excluding carboxylic acids is 2. The molecule has 0 bridgehead atoms. The lowest BCUT2D eigenvalue weighted by atomic mass is 9.91. The summed E-state index contributed by atoms with van der Waals surface area (Å²) < 4.78 is 20.2. The number of hydrogen-bond acceptors (Lipinski definition) is 5. The van der Waals surface area contributed by atoms with Crippen LogP contribution in [0, 0.1) is 11.8 Å². The number of esters is 2. The van der Waals surface area contributed by atoms with Crippen LogP contribution in [0.5, 0.6) is 0 Å². The van der Waals surface area contributed by atoms with Crippen LogP contribution in [0.2, 0.25) is 5.04 Å². The molecule has 5 rings (SSSR count). The second-order valence-corrected chi connectivity index (χ2v) is 19.0. The molecule has 1 saturated carbocycles. The highest BCUT2D eigenvalue weighted by Gasteiger charge is 2.53. The van der Waals surface area contributed by atoms with Gasteiger partial charge in [0.1, 0.15) is 12.2 Å². The van der Waals surface area contributed by atoms with E-state index in [1.165, 1.54) is 10.4 Å². The number of allylic oxidation sites excluding steroid dienone is 6. The fraction of sp³-hybridized carbons (Fsp3) is 0.319. The third kappa shape index (κ3) is 10.2. The zero-order valence-corrected chi connectivity index (χ0v) is 32.6. The van der Waals surface area contributed by atoms with Crippen molar-refractivity contribution in [2.45, 2.75) is 77.0 Å². The molecule has 0 radical (unpaired) electrons. The van der Waals surface area contributed by atoms with Crippen molar-refractivity contribution in [3.63, 3.8) is 0 Å². The summed E-state index contributed by atoms with van der Waals surface area (Å²) in [5, 5.41) is 2.12. The van der Waals surface area contributed by atoms with Crippen molar-refractivity contribution < 1.29 is 23.5 Å². The van der Waals surface area contributed by atoms with E-state index in [0.717, 1.165) is 19.3 Å². The molecule has 0 saturated heterocycles. The lowest BCUT2D eigenvalue weighted by Gasteiger charge is -2.44. The highest BCUT2D eigenvalue weighted by molar-refractivity contribution is 6.99. The molecule has 4 aromatic carbocycles. The van der Waals surface area contributed by atoms with Crippen LogP contribution in [0.4, 0.5) is 0 Å². The Morgan fingerprint density at radius 3 is 1.47 bits per heavy atom. The van der Waals surface area contributed by atoms with Crippen LogP contribution in [0.15, 0.2) is 158 Å². The molecule has 53 heavy (non-hydrogen) atoms. The summed E-state index contributed by atoms with van der Waals surface area (Å²) in [6.45, 7) is 9.25. The molecule has 1 aliphatic carbocycles. The molecule has 0 amide bonds. The van der Waals surface area contributed by atoms with Crippen molar-refractivity contribution >= 4 is 30.6 Å². The Morgan fingerprint density at radius 1 is 0.604 bits per heavy atom. The largest absolute Gasteiger partial charge is 0.458 e. The first kappa shape index (κ1) is 39.4. The standard InChI is InChI=1S/C47H54O5Si/c1-5-6-7-8-9-10-11-12-25-34-41-42(36-50-53(47(2,3)4,39-30-21-15-22-31-39)40-32-23-16-24-33-40)44(52-46(49)38-28-19-14-20-29-38)35-43(41)51-45(48)37-26-17-13-18-27-37/h6-7,9-10,12-33,41-44H,5,8,11,34-36H2,1-4H3/b7-6-,10-9-,25-12-/t41-,42+,43-,44+/m1/s1. The number of carbonyl (C=O) groups is 2. The molecule has 0 unspecified atom stereocenters. The van der Waals surface area contributed by atoms with Gasteiger partial charge in [-0.15, -0.1) is 0 Å². The van der Waals surface area contributed by atoms with Crippen molar-refractivity contribution in [1.29, 1.82) is 0 Å². The molecular weight excluding hydrogens is 673 g/mol. The maximum Gasteiger partial charge on any atom is 0.338 e. The molecule has 0 spiro atoms. The Balaban J connectivity index is 1.51. The van der Waals surface area contributed by atoms with E-state index in [1.54, 1.807) is 24.3 Å². The van der Waals surface area contributed by atoms with Crippen LogP contribution in [-0.2, 0) is 13.9 Å². The molecule has 0 aliphatic heterocycles. The van der Waals surface area contributed by atoms with Gasteiger partial charge in [0, 0.05) is 24.9 Å². The van der Waals surface area contributed by atoms with Crippen LogP contribution >= 0.6 is 0 Å². The van der Waals surface area contributed by atoms with E-state index in [4.69, 9.17) is 13.9 Å². The van der Waals surface area contributed by atoms with Gasteiger partial charge in [0.05, 0.1) is 11.1 Å². The molecule has 0 heterocycles. The predicted molar refractivity (Wildman–Crippen MR) is 218 cm³/mol. The third-order valence-corrected chi connectivity index (χ3v) is 15.1. The fourth-order valence-electron chi connectivity index (χ4n) is 7.46. The molecule has 1 aliphatic rings. The second kappa shape index (κ2) is 19.3. The van der Waals surface area contributed by atoms with Crippen LogP contribution in [0.3, 0.4) is 0 Å². The molecule has 276 valence electrons. The van der Waals surface area contributed by atoms with Crippen molar-refractivity contribution in [3.8, 4) is 0 Å². The SMILES string of the molecule is CC/C=C\C/C=C\C/C=C\C[C@@H]1[C@H](CO[Si](c2ccccc2)(c2ccccc2)C(C)(C)C)[C@@H](OC(=O)c2ccccc2)C[C@H]1OC(=O)c1ccccc1. The minimum Gasteiger partial charge on any atom is -0.458 e. The zero-order valence-electron chi connectivity index (χ0n) is 31.6. The van der Waals surface area contributed by atoms with E-state index in [2.05, 4.69) is 113 Å². The normalized spacial score (nSPS) is 19.2.